The molecule has 0 aliphatic carbocycles. The van der Waals surface area contributed by atoms with Crippen LogP contribution in [0, 0.1) is 0 Å². The highest BCUT2D eigenvalue weighted by molar-refractivity contribution is 5.28. The van der Waals surface area contributed by atoms with Crippen LogP contribution in [-0.2, 0) is 26.6 Å². The number of aryl methyl sites for hydroxylation is 1. The van der Waals surface area contributed by atoms with Crippen molar-refractivity contribution >= 4 is 0 Å². The van der Waals surface area contributed by atoms with Crippen LogP contribution in [0.15, 0.2) is 0 Å². The number of hydrogen-bond donors (Lipinski definition) is 1. The van der Waals surface area contributed by atoms with E-state index in [1.165, 1.54) is 17.0 Å². The molecule has 78 valence electrons. The molecule has 4 nitrogen and oxygen atoms in total. The van der Waals surface area contributed by atoms with Crippen molar-refractivity contribution in [1.29, 1.82) is 0 Å². The van der Waals surface area contributed by atoms with Gasteiger partial charge in [0.25, 0.3) is 0 Å². The molecule has 0 unspecified atom stereocenters. The first kappa shape index (κ1) is 9.68. The zero-order valence-electron chi connectivity index (χ0n) is 9.17. The van der Waals surface area contributed by atoms with Gasteiger partial charge in [0.1, 0.15) is 0 Å². The summed E-state index contributed by atoms with van der Waals surface area (Å²) in [6, 6.07) is 0. The van der Waals surface area contributed by atoms with Crippen LogP contribution < -0.4 is 5.32 Å². The largest absolute Gasteiger partial charge is 0.314 e. The van der Waals surface area contributed by atoms with Gasteiger partial charge >= 0.3 is 0 Å². The number of nitrogens with zero attached hydrogens (tertiary/aromatic N) is 3. The van der Waals surface area contributed by atoms with Crippen LogP contribution in [0.5, 0.6) is 0 Å². The van der Waals surface area contributed by atoms with Gasteiger partial charge in [0, 0.05) is 38.7 Å². The summed E-state index contributed by atoms with van der Waals surface area (Å²) in [6.45, 7) is 3.08. The minimum Gasteiger partial charge on any atom is -0.314 e. The Morgan fingerprint density at radius 1 is 1.43 bits per heavy atom. The summed E-state index contributed by atoms with van der Waals surface area (Å²) in [6.07, 6.45) is 1.09. The van der Waals surface area contributed by atoms with Crippen molar-refractivity contribution in [3.8, 4) is 0 Å². The van der Waals surface area contributed by atoms with Crippen molar-refractivity contribution in [2.75, 3.05) is 20.6 Å². The second-order valence-electron chi connectivity index (χ2n) is 4.01. The molecule has 2 heterocycles. The molecule has 0 fully saturated rings. The van der Waals surface area contributed by atoms with Crippen molar-refractivity contribution in [2.24, 2.45) is 7.05 Å². The van der Waals surface area contributed by atoms with Crippen LogP contribution in [0.4, 0.5) is 0 Å². The van der Waals surface area contributed by atoms with Gasteiger partial charge in [0.2, 0.25) is 0 Å². The molecule has 1 N–H and O–H groups in total. The average Bonchev–Trinajstić information content (AvgIpc) is 2.45. The lowest BCUT2D eigenvalue weighted by Gasteiger charge is -2.22. The lowest BCUT2D eigenvalue weighted by atomic mass is 10.1. The van der Waals surface area contributed by atoms with Crippen molar-refractivity contribution in [2.45, 2.75) is 19.5 Å². The number of nitrogens with one attached hydrogen (secondary N) is 1. The summed E-state index contributed by atoms with van der Waals surface area (Å²) >= 11 is 0. The Morgan fingerprint density at radius 3 is 2.93 bits per heavy atom. The van der Waals surface area contributed by atoms with Crippen LogP contribution >= 0.6 is 0 Å². The van der Waals surface area contributed by atoms with E-state index in [4.69, 9.17) is 0 Å². The molecule has 0 saturated carbocycles. The Morgan fingerprint density at radius 2 is 2.21 bits per heavy atom. The van der Waals surface area contributed by atoms with Crippen molar-refractivity contribution in [3.05, 3.63) is 17.0 Å². The summed E-state index contributed by atoms with van der Waals surface area (Å²) in [7, 11) is 6.18. The fourth-order valence-electron chi connectivity index (χ4n) is 2.08. The fraction of sp³-hybridized carbons (Fsp3) is 0.700. The van der Waals surface area contributed by atoms with E-state index in [9.17, 15) is 0 Å². The Hall–Kier alpha value is -0.870. The highest BCUT2D eigenvalue weighted by atomic mass is 15.3. The Bertz CT molecular complexity index is 329. The van der Waals surface area contributed by atoms with Crippen molar-refractivity contribution in [3.63, 3.8) is 0 Å². The molecule has 1 aliphatic rings. The normalized spacial score (nSPS) is 17.1. The summed E-state index contributed by atoms with van der Waals surface area (Å²) in [5.41, 5.74) is 4.04. The maximum absolute atomic E-state index is 4.55. The molecular formula is C10H18N4. The van der Waals surface area contributed by atoms with Crippen molar-refractivity contribution in [1.82, 2.24) is 20.0 Å². The molecule has 2 rings (SSSR count). The van der Waals surface area contributed by atoms with Crippen LogP contribution in [0.3, 0.4) is 0 Å². The van der Waals surface area contributed by atoms with E-state index in [0.29, 0.717) is 0 Å². The highest BCUT2D eigenvalue weighted by Crippen LogP contribution is 2.20. The molecule has 14 heavy (non-hydrogen) atoms. The first-order valence-corrected chi connectivity index (χ1v) is 5.09. The minimum absolute atomic E-state index is 0.909. The average molecular weight is 194 g/mol. The molecule has 0 bridgehead atoms. The molecule has 0 radical (unpaired) electrons. The number of likely N-dealkylation sites (N-methyl/N-ethyl adjacent to an activating group) is 1. The maximum atomic E-state index is 4.55. The predicted octanol–water partition coefficient (Wildman–Crippen LogP) is 0.127. The number of rotatable bonds is 2. The molecule has 0 atom stereocenters. The maximum Gasteiger partial charge on any atom is 0.0685 e. The van der Waals surface area contributed by atoms with E-state index in [-0.39, 0.29) is 0 Å². The first-order chi connectivity index (χ1) is 6.72. The van der Waals surface area contributed by atoms with Gasteiger partial charge in [-0.25, -0.2) is 0 Å². The second kappa shape index (κ2) is 3.71. The molecule has 1 aromatic rings. The molecule has 4 heteroatoms. The van der Waals surface area contributed by atoms with Crippen LogP contribution in [0.25, 0.3) is 0 Å². The smallest absolute Gasteiger partial charge is 0.0685 e. The molecule has 0 amide bonds. The van der Waals surface area contributed by atoms with Gasteiger partial charge in [0.05, 0.1) is 11.4 Å². The monoisotopic (exact) mass is 194 g/mol. The van der Waals surface area contributed by atoms with E-state index in [2.05, 4.69) is 22.4 Å². The Balaban J connectivity index is 2.35. The second-order valence-corrected chi connectivity index (χ2v) is 4.01. The first-order valence-electron chi connectivity index (χ1n) is 5.09. The SMILES string of the molecule is CNCc1c2c(nn1C)CCN(C)C2. The van der Waals surface area contributed by atoms with Crippen LogP contribution in [-0.4, -0.2) is 35.3 Å². The van der Waals surface area contributed by atoms with Gasteiger partial charge < -0.3 is 10.2 Å². The predicted molar refractivity (Wildman–Crippen MR) is 56.0 cm³/mol. The minimum atomic E-state index is 0.909. The summed E-state index contributed by atoms with van der Waals surface area (Å²) in [5, 5.41) is 7.75. The van der Waals surface area contributed by atoms with Crippen LogP contribution in [0.2, 0.25) is 0 Å². The van der Waals surface area contributed by atoms with Gasteiger partial charge in [-0.15, -0.1) is 0 Å². The lowest BCUT2D eigenvalue weighted by molar-refractivity contribution is 0.310. The third kappa shape index (κ3) is 1.55. The Labute approximate surface area is 84.9 Å². The number of fused-ring (bicyclic) bond motifs is 1. The topological polar surface area (TPSA) is 33.1 Å². The fourth-order valence-corrected chi connectivity index (χ4v) is 2.08. The zero-order chi connectivity index (χ0) is 10.1. The van der Waals surface area contributed by atoms with Gasteiger partial charge in [-0.2, -0.15) is 5.10 Å². The lowest BCUT2D eigenvalue weighted by Crippen LogP contribution is -2.27. The van der Waals surface area contributed by atoms with E-state index in [0.717, 1.165) is 26.1 Å². The molecular weight excluding hydrogens is 176 g/mol. The summed E-state index contributed by atoms with van der Waals surface area (Å²) < 4.78 is 2.01. The van der Waals surface area contributed by atoms with Gasteiger partial charge in [0.15, 0.2) is 0 Å². The summed E-state index contributed by atoms with van der Waals surface area (Å²) in [4.78, 5) is 2.35. The van der Waals surface area contributed by atoms with Gasteiger partial charge in [-0.1, -0.05) is 0 Å². The molecule has 1 aliphatic heterocycles. The van der Waals surface area contributed by atoms with E-state index in [1.807, 2.05) is 18.8 Å². The third-order valence-corrected chi connectivity index (χ3v) is 2.86. The third-order valence-electron chi connectivity index (χ3n) is 2.86. The molecule has 0 aromatic carbocycles. The van der Waals surface area contributed by atoms with Crippen molar-refractivity contribution < 1.29 is 0 Å². The quantitative estimate of drug-likeness (QED) is 0.726. The number of hydrogen-bond acceptors (Lipinski definition) is 3. The summed E-state index contributed by atoms with van der Waals surface area (Å²) in [5.74, 6) is 0. The van der Waals surface area contributed by atoms with E-state index >= 15 is 0 Å². The van der Waals surface area contributed by atoms with Gasteiger partial charge in [-0.05, 0) is 14.1 Å². The number of aromatic nitrogens is 2. The molecule has 0 spiro atoms. The molecule has 0 saturated heterocycles. The molecule has 1 aromatic heterocycles. The Kier molecular flexibility index (Phi) is 2.56. The zero-order valence-corrected chi connectivity index (χ0v) is 9.17. The van der Waals surface area contributed by atoms with Gasteiger partial charge in [-0.3, -0.25) is 4.68 Å². The highest BCUT2D eigenvalue weighted by Gasteiger charge is 2.20. The standard InChI is InChI=1S/C10H18N4/c1-11-6-10-8-7-13(2)5-4-9(8)12-14(10)3/h11H,4-7H2,1-3H3. The van der Waals surface area contributed by atoms with Crippen LogP contribution in [0.1, 0.15) is 17.0 Å². The van der Waals surface area contributed by atoms with E-state index < -0.39 is 0 Å². The van der Waals surface area contributed by atoms with E-state index in [1.54, 1.807) is 0 Å².